The van der Waals surface area contributed by atoms with Crippen LogP contribution >= 0.6 is 0 Å². The fraction of sp³-hybridized carbons (Fsp3) is 0.523. The van der Waals surface area contributed by atoms with E-state index in [1.165, 1.54) is 35.5 Å². The molecular weight excluding hydrogens is 649 g/mol. The summed E-state index contributed by atoms with van der Waals surface area (Å²) in [6, 6.07) is 5.45. The second kappa shape index (κ2) is 15.6. The van der Waals surface area contributed by atoms with Crippen LogP contribution in [0.25, 0.3) is 0 Å². The fourth-order valence-electron chi connectivity index (χ4n) is 9.45. The number of nitro benzene ring substituents is 1. The van der Waals surface area contributed by atoms with Crippen molar-refractivity contribution in [2.45, 2.75) is 117 Å². The first-order chi connectivity index (χ1) is 25.0. The summed E-state index contributed by atoms with van der Waals surface area (Å²) in [4.78, 5) is 25.8. The molecule has 0 saturated heterocycles. The predicted molar refractivity (Wildman–Crippen MR) is 209 cm³/mol. The lowest BCUT2D eigenvalue weighted by Crippen LogP contribution is -2.36. The van der Waals surface area contributed by atoms with Gasteiger partial charge in [0.2, 0.25) is 11.4 Å². The van der Waals surface area contributed by atoms with Crippen LogP contribution in [-0.2, 0) is 5.41 Å². The minimum absolute atomic E-state index is 0.140. The molecule has 0 aromatic heterocycles. The summed E-state index contributed by atoms with van der Waals surface area (Å²) in [6.45, 7) is 12.3. The van der Waals surface area contributed by atoms with Crippen LogP contribution < -0.4 is 0 Å². The molecule has 2 spiro atoms. The smallest absolute Gasteiger partial charge is 0.270 e. The van der Waals surface area contributed by atoms with Crippen molar-refractivity contribution >= 4 is 17.1 Å². The molecule has 8 heteroatoms. The van der Waals surface area contributed by atoms with Gasteiger partial charge in [-0.1, -0.05) is 94.9 Å². The summed E-state index contributed by atoms with van der Waals surface area (Å²) < 4.78 is 2.42. The van der Waals surface area contributed by atoms with Crippen molar-refractivity contribution in [1.82, 2.24) is 4.90 Å². The maximum absolute atomic E-state index is 12.1. The molecule has 5 aliphatic rings. The Balaban J connectivity index is 1.32. The van der Waals surface area contributed by atoms with Gasteiger partial charge in [0.15, 0.2) is 5.71 Å². The summed E-state index contributed by atoms with van der Waals surface area (Å²) in [7, 11) is 0. The third-order valence-corrected chi connectivity index (χ3v) is 12.1. The van der Waals surface area contributed by atoms with Gasteiger partial charge < -0.3 is 4.90 Å². The molecule has 0 N–H and O–H groups in total. The Kier molecular flexibility index (Phi) is 11.2. The normalized spacial score (nSPS) is 22.7. The van der Waals surface area contributed by atoms with Gasteiger partial charge in [-0.25, -0.2) is 0 Å². The number of hydrogen-bond acceptors (Lipinski definition) is 5. The SMILES string of the molecule is CC(C)=CCN1C2=C(C=C([N+](=O)[O-])C(C)C2)C2(CCCCC2)/C1=C\C#C/C=C/C=C/C1=[N+](CCC(C)C)c2ccc([N+](=O)[O-])cc2C12CCCCC2. The minimum Gasteiger partial charge on any atom is -0.343 e. The number of nitro groups is 2. The van der Waals surface area contributed by atoms with Crippen LogP contribution in [0.1, 0.15) is 117 Å². The highest BCUT2D eigenvalue weighted by Gasteiger charge is 2.53. The van der Waals surface area contributed by atoms with E-state index in [2.05, 4.69) is 73.3 Å². The van der Waals surface area contributed by atoms with Crippen molar-refractivity contribution in [1.29, 1.82) is 0 Å². The molecule has 1 aromatic carbocycles. The highest BCUT2D eigenvalue weighted by atomic mass is 16.6. The molecule has 274 valence electrons. The van der Waals surface area contributed by atoms with E-state index in [4.69, 9.17) is 0 Å². The monoisotopic (exact) mass is 703 g/mol. The number of allylic oxidation sites excluding steroid dienone is 10. The van der Waals surface area contributed by atoms with E-state index in [9.17, 15) is 20.2 Å². The van der Waals surface area contributed by atoms with Gasteiger partial charge in [-0.2, -0.15) is 4.58 Å². The van der Waals surface area contributed by atoms with Crippen LogP contribution in [0.2, 0.25) is 0 Å². The van der Waals surface area contributed by atoms with Crippen molar-refractivity contribution in [3.8, 4) is 11.8 Å². The number of hydrogen-bond donors (Lipinski definition) is 0. The molecule has 0 bridgehead atoms. The third kappa shape index (κ3) is 7.12. The second-order valence-corrected chi connectivity index (χ2v) is 16.2. The maximum Gasteiger partial charge on any atom is 0.270 e. The second-order valence-electron chi connectivity index (χ2n) is 16.2. The van der Waals surface area contributed by atoms with E-state index in [0.29, 0.717) is 18.0 Å². The molecule has 0 radical (unpaired) electrons. The van der Waals surface area contributed by atoms with E-state index >= 15 is 0 Å². The molecule has 8 nitrogen and oxygen atoms in total. The fourth-order valence-corrected chi connectivity index (χ4v) is 9.45. The van der Waals surface area contributed by atoms with Gasteiger partial charge in [-0.3, -0.25) is 20.2 Å². The average molecular weight is 704 g/mol. The first-order valence-electron chi connectivity index (χ1n) is 19.5. The van der Waals surface area contributed by atoms with Crippen LogP contribution in [0.5, 0.6) is 0 Å². The summed E-state index contributed by atoms with van der Waals surface area (Å²) in [5, 5.41) is 23.9. The molecule has 52 heavy (non-hydrogen) atoms. The number of rotatable bonds is 9. The van der Waals surface area contributed by atoms with Crippen LogP contribution in [0.3, 0.4) is 0 Å². The zero-order valence-corrected chi connectivity index (χ0v) is 31.7. The highest BCUT2D eigenvalue weighted by molar-refractivity contribution is 6.04. The van der Waals surface area contributed by atoms with Crippen molar-refractivity contribution in [2.75, 3.05) is 13.1 Å². The molecule has 1 unspecified atom stereocenters. The Hall–Kier alpha value is -4.51. The lowest BCUT2D eigenvalue weighted by atomic mass is 9.66. The minimum atomic E-state index is -0.269. The zero-order valence-electron chi connectivity index (χ0n) is 31.7. The predicted octanol–water partition coefficient (Wildman–Crippen LogP) is 10.6. The number of fused-ring (bicyclic) bond motifs is 3. The summed E-state index contributed by atoms with van der Waals surface area (Å²) >= 11 is 0. The molecule has 2 fully saturated rings. The first kappa shape index (κ1) is 37.3. The standard InChI is InChI=1S/C44H55N4O4/c1-32(2)21-27-45-38-20-19-35(47(49)50)30-36(38)43(23-13-9-14-24-43)41(45)17-11-7-6-8-12-18-42-44(25-15-10-16-26-44)37-31-39(48(51)52)34(5)29-40(37)46(42)28-22-33(3)4/h6-7,11,17-20,22,30-32,34H,9-10,13-16,21,23-29H2,1-5H3/q+1. The summed E-state index contributed by atoms with van der Waals surface area (Å²) in [5.74, 6) is 7.05. The highest BCUT2D eigenvalue weighted by Crippen LogP contribution is 2.59. The lowest BCUT2D eigenvalue weighted by Gasteiger charge is -2.37. The van der Waals surface area contributed by atoms with Gasteiger partial charge in [0.1, 0.15) is 6.54 Å². The quantitative estimate of drug-likeness (QED) is 0.0637. The Morgan fingerprint density at radius 3 is 2.31 bits per heavy atom. The number of benzene rings is 1. The van der Waals surface area contributed by atoms with Crippen LogP contribution in [0.4, 0.5) is 11.4 Å². The van der Waals surface area contributed by atoms with Gasteiger partial charge >= 0.3 is 0 Å². The van der Waals surface area contributed by atoms with Gasteiger partial charge in [0.25, 0.3) is 5.69 Å². The maximum atomic E-state index is 12.1. The van der Waals surface area contributed by atoms with Gasteiger partial charge in [-0.05, 0) is 57.1 Å². The van der Waals surface area contributed by atoms with Crippen molar-refractivity contribution in [2.24, 2.45) is 17.3 Å². The van der Waals surface area contributed by atoms with Crippen LogP contribution in [0, 0.1) is 49.3 Å². The van der Waals surface area contributed by atoms with E-state index in [1.54, 1.807) is 6.07 Å². The third-order valence-electron chi connectivity index (χ3n) is 12.1. The average Bonchev–Trinajstić information content (AvgIpc) is 3.49. The summed E-state index contributed by atoms with van der Waals surface area (Å²) in [5.41, 5.74) is 8.31. The molecule has 0 amide bonds. The molecule has 1 aromatic rings. The van der Waals surface area contributed by atoms with Gasteiger partial charge in [0, 0.05) is 78.2 Å². The molecular formula is C44H55N4O4+. The molecule has 2 aliphatic heterocycles. The van der Waals surface area contributed by atoms with Crippen molar-refractivity contribution in [3.63, 3.8) is 0 Å². The van der Waals surface area contributed by atoms with E-state index in [-0.39, 0.29) is 32.3 Å². The largest absolute Gasteiger partial charge is 0.343 e. The molecule has 3 aliphatic carbocycles. The molecule has 2 heterocycles. The summed E-state index contributed by atoms with van der Waals surface area (Å²) in [6.07, 6.45) is 26.9. The van der Waals surface area contributed by atoms with Crippen molar-refractivity contribution < 1.29 is 14.4 Å². The van der Waals surface area contributed by atoms with E-state index < -0.39 is 0 Å². The molecule has 1 atom stereocenters. The van der Waals surface area contributed by atoms with E-state index in [1.807, 2.05) is 37.3 Å². The Labute approximate surface area is 309 Å². The van der Waals surface area contributed by atoms with Crippen molar-refractivity contribution in [3.05, 3.63) is 115 Å². The topological polar surface area (TPSA) is 92.5 Å². The van der Waals surface area contributed by atoms with Gasteiger partial charge in [-0.15, -0.1) is 0 Å². The first-order valence-corrected chi connectivity index (χ1v) is 19.5. The van der Waals surface area contributed by atoms with Crippen LogP contribution in [0.15, 0.2) is 89.0 Å². The molecule has 2 saturated carbocycles. The number of nitrogens with zero attached hydrogens (tertiary/aromatic N) is 4. The Morgan fingerprint density at radius 1 is 0.981 bits per heavy atom. The number of non-ortho nitro benzene ring substituents is 1. The Bertz CT molecular complexity index is 1880. The van der Waals surface area contributed by atoms with E-state index in [0.717, 1.165) is 87.7 Å². The van der Waals surface area contributed by atoms with Gasteiger partial charge in [0.05, 0.1) is 21.2 Å². The zero-order chi connectivity index (χ0) is 37.0. The lowest BCUT2D eigenvalue weighted by molar-refractivity contribution is -0.439. The Morgan fingerprint density at radius 2 is 1.67 bits per heavy atom. The molecule has 6 rings (SSSR count). The van der Waals surface area contributed by atoms with Crippen LogP contribution in [-0.4, -0.2) is 38.1 Å².